The zero-order chi connectivity index (χ0) is 13.9. The summed E-state index contributed by atoms with van der Waals surface area (Å²) in [6.45, 7) is 0. The Morgan fingerprint density at radius 2 is 2.15 bits per heavy atom. The summed E-state index contributed by atoms with van der Waals surface area (Å²) in [6, 6.07) is 7.54. The van der Waals surface area contributed by atoms with Gasteiger partial charge in [-0.1, -0.05) is 12.1 Å². The van der Waals surface area contributed by atoms with Crippen LogP contribution in [0.25, 0.3) is 17.2 Å². The van der Waals surface area contributed by atoms with Crippen molar-refractivity contribution in [2.45, 2.75) is 0 Å². The van der Waals surface area contributed by atoms with Gasteiger partial charge in [-0.05, 0) is 12.1 Å². The van der Waals surface area contributed by atoms with Crippen molar-refractivity contribution >= 4 is 5.69 Å². The lowest BCUT2D eigenvalue weighted by Gasteiger charge is -2.08. The number of imidazole rings is 1. The summed E-state index contributed by atoms with van der Waals surface area (Å²) in [4.78, 5) is 12.8. The molecule has 0 fully saturated rings. The second-order valence-corrected chi connectivity index (χ2v) is 4.17. The van der Waals surface area contributed by atoms with Crippen molar-refractivity contribution in [3.8, 4) is 23.1 Å². The standard InChI is InChI=1S/C14H13N5O/c1-20-13-9-16-8-12(18-13)19-6-5-17-14(19)10-3-2-4-11(15)7-10/h2-9H,15H2,1H3. The molecule has 2 heterocycles. The summed E-state index contributed by atoms with van der Waals surface area (Å²) >= 11 is 0. The zero-order valence-corrected chi connectivity index (χ0v) is 10.9. The van der Waals surface area contributed by atoms with E-state index in [2.05, 4.69) is 15.0 Å². The third-order valence-electron chi connectivity index (χ3n) is 2.84. The van der Waals surface area contributed by atoms with Crippen LogP contribution in [0.1, 0.15) is 0 Å². The third kappa shape index (κ3) is 2.18. The van der Waals surface area contributed by atoms with Gasteiger partial charge in [0.25, 0.3) is 0 Å². The first-order valence-electron chi connectivity index (χ1n) is 6.03. The van der Waals surface area contributed by atoms with Crippen LogP contribution in [-0.2, 0) is 0 Å². The summed E-state index contributed by atoms with van der Waals surface area (Å²) in [5.74, 6) is 1.84. The fourth-order valence-corrected chi connectivity index (χ4v) is 1.93. The van der Waals surface area contributed by atoms with E-state index >= 15 is 0 Å². The van der Waals surface area contributed by atoms with Crippen molar-refractivity contribution in [1.82, 2.24) is 19.5 Å². The smallest absolute Gasteiger partial charge is 0.234 e. The maximum absolute atomic E-state index is 5.81. The number of rotatable bonds is 3. The molecule has 0 atom stereocenters. The monoisotopic (exact) mass is 267 g/mol. The molecule has 3 aromatic rings. The molecule has 6 heteroatoms. The van der Waals surface area contributed by atoms with Crippen molar-refractivity contribution < 1.29 is 4.74 Å². The van der Waals surface area contributed by atoms with Gasteiger partial charge < -0.3 is 10.5 Å². The number of ether oxygens (including phenoxy) is 1. The van der Waals surface area contributed by atoms with E-state index in [0.717, 1.165) is 11.4 Å². The molecule has 0 unspecified atom stereocenters. The van der Waals surface area contributed by atoms with Crippen molar-refractivity contribution in [2.75, 3.05) is 12.8 Å². The molecule has 100 valence electrons. The number of hydrogen-bond acceptors (Lipinski definition) is 5. The van der Waals surface area contributed by atoms with Gasteiger partial charge in [-0.15, -0.1) is 0 Å². The molecule has 20 heavy (non-hydrogen) atoms. The van der Waals surface area contributed by atoms with E-state index in [1.165, 1.54) is 0 Å². The van der Waals surface area contributed by atoms with Gasteiger partial charge in [-0.2, -0.15) is 4.98 Å². The highest BCUT2D eigenvalue weighted by Gasteiger charge is 2.10. The first kappa shape index (κ1) is 12.2. The maximum Gasteiger partial charge on any atom is 0.234 e. The van der Waals surface area contributed by atoms with E-state index in [4.69, 9.17) is 10.5 Å². The summed E-state index contributed by atoms with van der Waals surface area (Å²) in [7, 11) is 1.56. The Morgan fingerprint density at radius 1 is 1.25 bits per heavy atom. The Labute approximate surface area is 115 Å². The van der Waals surface area contributed by atoms with Crippen LogP contribution in [0.15, 0.2) is 49.1 Å². The Kier molecular flexibility index (Phi) is 3.04. The maximum atomic E-state index is 5.81. The average molecular weight is 267 g/mol. The minimum atomic E-state index is 0.453. The number of anilines is 1. The van der Waals surface area contributed by atoms with Crippen LogP contribution in [-0.4, -0.2) is 26.6 Å². The molecule has 2 N–H and O–H groups in total. The Bertz CT molecular complexity index is 738. The van der Waals surface area contributed by atoms with Crippen LogP contribution >= 0.6 is 0 Å². The predicted octanol–water partition coefficient (Wildman–Crippen LogP) is 1.92. The quantitative estimate of drug-likeness (QED) is 0.733. The second-order valence-electron chi connectivity index (χ2n) is 4.17. The largest absolute Gasteiger partial charge is 0.480 e. The third-order valence-corrected chi connectivity index (χ3v) is 2.84. The van der Waals surface area contributed by atoms with Gasteiger partial charge >= 0.3 is 0 Å². The SMILES string of the molecule is COc1cncc(-n2ccnc2-c2cccc(N)c2)n1. The van der Waals surface area contributed by atoms with Crippen LogP contribution in [0.3, 0.4) is 0 Å². The fourth-order valence-electron chi connectivity index (χ4n) is 1.93. The van der Waals surface area contributed by atoms with Gasteiger partial charge in [0, 0.05) is 23.6 Å². The lowest BCUT2D eigenvalue weighted by molar-refractivity contribution is 0.395. The lowest BCUT2D eigenvalue weighted by Crippen LogP contribution is -2.01. The van der Waals surface area contributed by atoms with E-state index in [9.17, 15) is 0 Å². The van der Waals surface area contributed by atoms with Crippen molar-refractivity contribution in [1.29, 1.82) is 0 Å². The normalized spacial score (nSPS) is 10.4. The minimum absolute atomic E-state index is 0.453. The van der Waals surface area contributed by atoms with Crippen LogP contribution in [0, 0.1) is 0 Å². The number of hydrogen-bond donors (Lipinski definition) is 1. The molecule has 0 aliphatic carbocycles. The molecule has 0 saturated heterocycles. The lowest BCUT2D eigenvalue weighted by atomic mass is 10.2. The summed E-state index contributed by atoms with van der Waals surface area (Å²) in [5, 5.41) is 0. The van der Waals surface area contributed by atoms with Gasteiger partial charge in [0.1, 0.15) is 5.82 Å². The average Bonchev–Trinajstić information content (AvgIpc) is 2.97. The van der Waals surface area contributed by atoms with Gasteiger partial charge in [-0.25, -0.2) is 4.98 Å². The molecule has 0 amide bonds. The number of nitrogen functional groups attached to an aromatic ring is 1. The second kappa shape index (κ2) is 5.00. The topological polar surface area (TPSA) is 78.8 Å². The number of benzene rings is 1. The molecule has 0 bridgehead atoms. The summed E-state index contributed by atoms with van der Waals surface area (Å²) in [5.41, 5.74) is 7.42. The molecular formula is C14H13N5O. The molecule has 3 rings (SSSR count). The highest BCUT2D eigenvalue weighted by Crippen LogP contribution is 2.22. The number of aromatic nitrogens is 4. The molecule has 0 saturated carbocycles. The number of methoxy groups -OCH3 is 1. The molecular weight excluding hydrogens is 254 g/mol. The van der Waals surface area contributed by atoms with Crippen molar-refractivity contribution in [2.24, 2.45) is 0 Å². The fraction of sp³-hybridized carbons (Fsp3) is 0.0714. The van der Waals surface area contributed by atoms with Crippen LogP contribution in [0.4, 0.5) is 5.69 Å². The van der Waals surface area contributed by atoms with Crippen molar-refractivity contribution in [3.05, 3.63) is 49.1 Å². The van der Waals surface area contributed by atoms with E-state index in [-0.39, 0.29) is 0 Å². The zero-order valence-electron chi connectivity index (χ0n) is 10.9. The van der Waals surface area contributed by atoms with E-state index < -0.39 is 0 Å². The first-order chi connectivity index (χ1) is 9.78. The first-order valence-corrected chi connectivity index (χ1v) is 6.03. The Hall–Kier alpha value is -2.89. The predicted molar refractivity (Wildman–Crippen MR) is 75.6 cm³/mol. The number of nitrogens with two attached hydrogens (primary N) is 1. The van der Waals surface area contributed by atoms with Gasteiger partial charge in [0.05, 0.1) is 19.5 Å². The van der Waals surface area contributed by atoms with Crippen LogP contribution in [0.2, 0.25) is 0 Å². The molecule has 0 aliphatic heterocycles. The van der Waals surface area contributed by atoms with E-state index in [0.29, 0.717) is 17.4 Å². The Balaban J connectivity index is 2.10. The molecule has 2 aromatic heterocycles. The molecule has 0 spiro atoms. The van der Waals surface area contributed by atoms with Gasteiger partial charge in [0.2, 0.25) is 5.88 Å². The van der Waals surface area contributed by atoms with E-state index in [1.54, 1.807) is 25.7 Å². The number of nitrogens with zero attached hydrogens (tertiary/aromatic N) is 4. The molecule has 1 aromatic carbocycles. The molecule has 0 radical (unpaired) electrons. The Morgan fingerprint density at radius 3 is 2.95 bits per heavy atom. The van der Waals surface area contributed by atoms with Crippen LogP contribution < -0.4 is 10.5 Å². The molecule has 0 aliphatic rings. The van der Waals surface area contributed by atoms with Crippen LogP contribution in [0.5, 0.6) is 5.88 Å². The van der Waals surface area contributed by atoms with Gasteiger partial charge in [0.15, 0.2) is 5.82 Å². The van der Waals surface area contributed by atoms with E-state index in [1.807, 2.05) is 35.0 Å². The molecule has 6 nitrogen and oxygen atoms in total. The van der Waals surface area contributed by atoms with Crippen molar-refractivity contribution in [3.63, 3.8) is 0 Å². The summed E-state index contributed by atoms with van der Waals surface area (Å²) in [6.07, 6.45) is 6.74. The van der Waals surface area contributed by atoms with Gasteiger partial charge in [-0.3, -0.25) is 9.55 Å². The highest BCUT2D eigenvalue weighted by atomic mass is 16.5. The highest BCUT2D eigenvalue weighted by molar-refractivity contribution is 5.62. The summed E-state index contributed by atoms with van der Waals surface area (Å²) < 4.78 is 6.93. The minimum Gasteiger partial charge on any atom is -0.480 e.